The van der Waals surface area contributed by atoms with Crippen molar-refractivity contribution in [3.63, 3.8) is 0 Å². The highest BCUT2D eigenvalue weighted by atomic mass is 79.9. The number of nitro benzene ring substituents is 1. The molecule has 0 aromatic heterocycles. The Bertz CT molecular complexity index is 718. The average molecular weight is 348 g/mol. The molecule has 1 atom stereocenters. The van der Waals surface area contributed by atoms with Gasteiger partial charge in [-0.15, -0.1) is 0 Å². The first kappa shape index (κ1) is 13.9. The van der Waals surface area contributed by atoms with Gasteiger partial charge in [0.15, 0.2) is 0 Å². The van der Waals surface area contributed by atoms with E-state index in [0.717, 1.165) is 24.2 Å². The molecule has 5 nitrogen and oxygen atoms in total. The highest BCUT2D eigenvalue weighted by molar-refractivity contribution is 9.10. The van der Waals surface area contributed by atoms with Crippen LogP contribution in [-0.4, -0.2) is 4.92 Å². The number of nitro groups is 1. The number of aryl methyl sites for hydroxylation is 1. The SMILES string of the molecule is Nc1ccc2c(c1)CCC2Nc1ccc([N+](=O)[O-])c(Br)c1. The number of halogens is 1. The van der Waals surface area contributed by atoms with E-state index in [9.17, 15) is 10.1 Å². The number of rotatable bonds is 3. The van der Waals surface area contributed by atoms with Crippen molar-refractivity contribution in [2.75, 3.05) is 11.1 Å². The molecule has 0 amide bonds. The molecule has 1 aliphatic carbocycles. The molecule has 0 saturated heterocycles. The molecule has 0 heterocycles. The number of nitrogens with zero attached hydrogens (tertiary/aromatic N) is 1. The number of nitrogen functional groups attached to an aromatic ring is 1. The van der Waals surface area contributed by atoms with E-state index in [1.54, 1.807) is 12.1 Å². The van der Waals surface area contributed by atoms with E-state index in [2.05, 4.69) is 27.3 Å². The molecule has 108 valence electrons. The Morgan fingerprint density at radius 1 is 1.29 bits per heavy atom. The first-order valence-electron chi connectivity index (χ1n) is 6.63. The molecule has 3 rings (SSSR count). The number of hydrogen-bond acceptors (Lipinski definition) is 4. The Morgan fingerprint density at radius 3 is 2.81 bits per heavy atom. The van der Waals surface area contributed by atoms with Crippen LogP contribution >= 0.6 is 15.9 Å². The molecule has 1 aliphatic rings. The zero-order valence-corrected chi connectivity index (χ0v) is 12.8. The predicted octanol–water partition coefficient (Wildman–Crippen LogP) is 4.04. The highest BCUT2D eigenvalue weighted by Gasteiger charge is 2.23. The van der Waals surface area contributed by atoms with Crippen molar-refractivity contribution in [2.24, 2.45) is 0 Å². The lowest BCUT2D eigenvalue weighted by Crippen LogP contribution is -2.07. The lowest BCUT2D eigenvalue weighted by Gasteiger charge is -2.16. The minimum Gasteiger partial charge on any atom is -0.399 e. The van der Waals surface area contributed by atoms with Gasteiger partial charge in [-0.2, -0.15) is 0 Å². The van der Waals surface area contributed by atoms with Crippen LogP contribution in [-0.2, 0) is 6.42 Å². The highest BCUT2D eigenvalue weighted by Crippen LogP contribution is 2.36. The topological polar surface area (TPSA) is 81.2 Å². The van der Waals surface area contributed by atoms with Gasteiger partial charge in [-0.1, -0.05) is 6.07 Å². The van der Waals surface area contributed by atoms with Gasteiger partial charge in [0.2, 0.25) is 0 Å². The van der Waals surface area contributed by atoms with Crippen LogP contribution in [0.2, 0.25) is 0 Å². The van der Waals surface area contributed by atoms with Gasteiger partial charge in [0.25, 0.3) is 5.69 Å². The smallest absolute Gasteiger partial charge is 0.283 e. The largest absolute Gasteiger partial charge is 0.399 e. The third-order valence-electron chi connectivity index (χ3n) is 3.73. The Labute approximate surface area is 130 Å². The summed E-state index contributed by atoms with van der Waals surface area (Å²) in [5.41, 5.74) is 10.0. The lowest BCUT2D eigenvalue weighted by molar-refractivity contribution is -0.385. The first-order valence-corrected chi connectivity index (χ1v) is 7.42. The zero-order valence-electron chi connectivity index (χ0n) is 11.2. The van der Waals surface area contributed by atoms with E-state index in [-0.39, 0.29) is 11.7 Å². The van der Waals surface area contributed by atoms with E-state index in [1.807, 2.05) is 12.1 Å². The summed E-state index contributed by atoms with van der Waals surface area (Å²) in [7, 11) is 0. The number of hydrogen-bond donors (Lipinski definition) is 2. The summed E-state index contributed by atoms with van der Waals surface area (Å²) in [6, 6.07) is 11.2. The van der Waals surface area contributed by atoms with Gasteiger partial charge in [0.05, 0.1) is 15.4 Å². The monoisotopic (exact) mass is 347 g/mol. The number of fused-ring (bicyclic) bond motifs is 1. The Hall–Kier alpha value is -2.08. The molecule has 2 aromatic rings. The molecule has 2 aromatic carbocycles. The summed E-state index contributed by atoms with van der Waals surface area (Å²) in [5, 5.41) is 14.2. The molecule has 0 saturated carbocycles. The van der Waals surface area contributed by atoms with Crippen molar-refractivity contribution in [3.05, 3.63) is 62.1 Å². The Balaban J connectivity index is 1.83. The molecular weight excluding hydrogens is 334 g/mol. The molecule has 6 heteroatoms. The maximum absolute atomic E-state index is 10.8. The molecular formula is C15H14BrN3O2. The quantitative estimate of drug-likeness (QED) is 0.498. The summed E-state index contributed by atoms with van der Waals surface area (Å²) in [6.07, 6.45) is 1.99. The van der Waals surface area contributed by atoms with Crippen molar-refractivity contribution in [3.8, 4) is 0 Å². The van der Waals surface area contributed by atoms with Crippen molar-refractivity contribution in [1.82, 2.24) is 0 Å². The molecule has 0 bridgehead atoms. The number of nitrogens with two attached hydrogens (primary N) is 1. The molecule has 0 radical (unpaired) electrons. The summed E-state index contributed by atoms with van der Waals surface area (Å²) in [6.45, 7) is 0. The first-order chi connectivity index (χ1) is 10.0. The van der Waals surface area contributed by atoms with Crippen LogP contribution < -0.4 is 11.1 Å². The maximum Gasteiger partial charge on any atom is 0.283 e. The van der Waals surface area contributed by atoms with Crippen molar-refractivity contribution < 1.29 is 4.92 Å². The van der Waals surface area contributed by atoms with Crippen LogP contribution in [0.1, 0.15) is 23.6 Å². The van der Waals surface area contributed by atoms with E-state index in [0.29, 0.717) is 4.47 Å². The minimum atomic E-state index is -0.401. The summed E-state index contributed by atoms with van der Waals surface area (Å²) in [5.74, 6) is 0. The maximum atomic E-state index is 10.8. The molecule has 21 heavy (non-hydrogen) atoms. The fourth-order valence-corrected chi connectivity index (χ4v) is 3.26. The Morgan fingerprint density at radius 2 is 2.10 bits per heavy atom. The van der Waals surface area contributed by atoms with Crippen LogP contribution in [0.15, 0.2) is 40.9 Å². The van der Waals surface area contributed by atoms with Crippen LogP contribution in [0.25, 0.3) is 0 Å². The summed E-state index contributed by atoms with van der Waals surface area (Å²) >= 11 is 3.24. The van der Waals surface area contributed by atoms with Crippen LogP contribution in [0.4, 0.5) is 17.1 Å². The van der Waals surface area contributed by atoms with Gasteiger partial charge >= 0.3 is 0 Å². The second-order valence-electron chi connectivity index (χ2n) is 5.12. The number of benzene rings is 2. The summed E-state index contributed by atoms with van der Waals surface area (Å²) in [4.78, 5) is 10.4. The molecule has 0 fully saturated rings. The van der Waals surface area contributed by atoms with Gasteiger partial charge in [0, 0.05) is 17.4 Å². The standard InChI is InChI=1S/C15H14BrN3O2/c16-13-8-11(3-6-15(13)19(20)21)18-14-5-1-9-7-10(17)2-4-12(9)14/h2-4,6-8,14,18H,1,5,17H2. The van der Waals surface area contributed by atoms with Crippen molar-refractivity contribution in [2.45, 2.75) is 18.9 Å². The third-order valence-corrected chi connectivity index (χ3v) is 4.37. The van der Waals surface area contributed by atoms with Gasteiger partial charge in [-0.3, -0.25) is 10.1 Å². The third kappa shape index (κ3) is 2.71. The second kappa shape index (κ2) is 5.37. The van der Waals surface area contributed by atoms with Gasteiger partial charge in [0.1, 0.15) is 0 Å². The second-order valence-corrected chi connectivity index (χ2v) is 5.97. The predicted molar refractivity (Wildman–Crippen MR) is 86.3 cm³/mol. The van der Waals surface area contributed by atoms with Crippen LogP contribution in [0.3, 0.4) is 0 Å². The Kier molecular flexibility index (Phi) is 3.55. The molecule has 0 aliphatic heterocycles. The number of nitrogens with one attached hydrogen (secondary N) is 1. The van der Waals surface area contributed by atoms with Crippen molar-refractivity contribution >= 4 is 33.0 Å². The van der Waals surface area contributed by atoms with Gasteiger partial charge < -0.3 is 11.1 Å². The van der Waals surface area contributed by atoms with Crippen LogP contribution in [0, 0.1) is 10.1 Å². The van der Waals surface area contributed by atoms with E-state index < -0.39 is 4.92 Å². The van der Waals surface area contributed by atoms with E-state index in [1.165, 1.54) is 17.2 Å². The van der Waals surface area contributed by atoms with Crippen LogP contribution in [0.5, 0.6) is 0 Å². The fourth-order valence-electron chi connectivity index (χ4n) is 2.73. The molecule has 3 N–H and O–H groups in total. The van der Waals surface area contributed by atoms with Gasteiger partial charge in [-0.05, 0) is 64.2 Å². The zero-order chi connectivity index (χ0) is 15.0. The minimum absolute atomic E-state index is 0.0696. The average Bonchev–Trinajstić information content (AvgIpc) is 2.80. The van der Waals surface area contributed by atoms with E-state index in [4.69, 9.17) is 5.73 Å². The van der Waals surface area contributed by atoms with Crippen molar-refractivity contribution in [1.29, 1.82) is 0 Å². The number of anilines is 2. The van der Waals surface area contributed by atoms with E-state index >= 15 is 0 Å². The normalized spacial score (nSPS) is 16.5. The summed E-state index contributed by atoms with van der Waals surface area (Å²) < 4.78 is 0.480. The lowest BCUT2D eigenvalue weighted by atomic mass is 10.1. The molecule has 1 unspecified atom stereocenters. The van der Waals surface area contributed by atoms with Gasteiger partial charge in [-0.25, -0.2) is 0 Å². The molecule has 0 spiro atoms. The fraction of sp³-hybridized carbons (Fsp3) is 0.200.